The summed E-state index contributed by atoms with van der Waals surface area (Å²) < 4.78 is 30.1. The molecule has 2 aromatic carbocycles. The summed E-state index contributed by atoms with van der Waals surface area (Å²) in [5.41, 5.74) is -0.0399. The number of hydrogen-bond donors (Lipinski definition) is 1. The summed E-state index contributed by atoms with van der Waals surface area (Å²) in [6.07, 6.45) is 0. The van der Waals surface area contributed by atoms with Crippen molar-refractivity contribution in [3.8, 4) is 11.5 Å². The lowest BCUT2D eigenvalue weighted by Gasteiger charge is -2.24. The summed E-state index contributed by atoms with van der Waals surface area (Å²) in [6, 6.07) is 8.48. The third-order valence-electron chi connectivity index (χ3n) is 5.39. The quantitative estimate of drug-likeness (QED) is 0.272. The minimum absolute atomic E-state index is 0.0761. The highest BCUT2D eigenvalue weighted by atomic mass is 35.5. The second kappa shape index (κ2) is 9.04. The molecular formula is C24H18Cl2FNO6. The number of rotatable bonds is 5. The van der Waals surface area contributed by atoms with Crippen LogP contribution in [0.15, 0.2) is 52.5 Å². The van der Waals surface area contributed by atoms with Crippen molar-refractivity contribution in [1.82, 2.24) is 0 Å². The van der Waals surface area contributed by atoms with Crippen LogP contribution in [0, 0.1) is 12.7 Å². The van der Waals surface area contributed by atoms with Crippen molar-refractivity contribution < 1.29 is 33.0 Å². The lowest BCUT2D eigenvalue weighted by molar-refractivity contribution is -0.132. The summed E-state index contributed by atoms with van der Waals surface area (Å²) in [5.74, 6) is -2.06. The molecule has 0 bridgehead atoms. The fourth-order valence-corrected chi connectivity index (χ4v) is 4.20. The number of amides is 1. The molecule has 1 aromatic heterocycles. The molecule has 0 radical (unpaired) electrons. The molecule has 1 unspecified atom stereocenters. The molecule has 2 heterocycles. The van der Waals surface area contributed by atoms with Gasteiger partial charge in [0.25, 0.3) is 11.7 Å². The Balaban J connectivity index is 1.99. The Kier molecular flexibility index (Phi) is 6.29. The number of aryl methyl sites for hydroxylation is 1. The molecular weight excluding hydrogens is 488 g/mol. The van der Waals surface area contributed by atoms with Gasteiger partial charge in [0, 0.05) is 11.8 Å². The number of anilines is 1. The minimum atomic E-state index is -1.17. The summed E-state index contributed by atoms with van der Waals surface area (Å²) in [6.45, 7) is 1.69. The molecule has 1 atom stereocenters. The van der Waals surface area contributed by atoms with Gasteiger partial charge in [-0.2, -0.15) is 0 Å². The first kappa shape index (κ1) is 23.7. The number of nitrogens with zero attached hydrogens (tertiary/aromatic N) is 1. The number of hydrogen-bond acceptors (Lipinski definition) is 6. The van der Waals surface area contributed by atoms with Crippen LogP contribution in [0.4, 0.5) is 10.1 Å². The maximum absolute atomic E-state index is 13.8. The van der Waals surface area contributed by atoms with Crippen LogP contribution >= 0.6 is 23.2 Å². The Bertz CT molecular complexity index is 1350. The van der Waals surface area contributed by atoms with Crippen LogP contribution in [-0.4, -0.2) is 31.0 Å². The van der Waals surface area contributed by atoms with Crippen molar-refractivity contribution in [2.24, 2.45) is 0 Å². The number of furan rings is 1. The molecule has 1 saturated heterocycles. The first-order valence-corrected chi connectivity index (χ1v) is 10.7. The molecule has 176 valence electrons. The summed E-state index contributed by atoms with van der Waals surface area (Å²) >= 11 is 12.1. The van der Waals surface area contributed by atoms with E-state index in [0.29, 0.717) is 5.76 Å². The number of aliphatic hydroxyl groups excluding tert-OH is 1. The van der Waals surface area contributed by atoms with Crippen LogP contribution < -0.4 is 14.4 Å². The van der Waals surface area contributed by atoms with Crippen molar-refractivity contribution in [2.45, 2.75) is 13.0 Å². The number of methoxy groups -OCH3 is 2. The van der Waals surface area contributed by atoms with Gasteiger partial charge in [0.2, 0.25) is 0 Å². The van der Waals surface area contributed by atoms with Crippen LogP contribution in [0.3, 0.4) is 0 Å². The number of carbonyl (C=O) groups excluding carboxylic acids is 2. The number of Topliss-reactive ketones (excluding diaryl/α,β-unsaturated/α-hetero) is 1. The number of ketones is 1. The Hall–Kier alpha value is -3.49. The van der Waals surface area contributed by atoms with E-state index in [9.17, 15) is 19.1 Å². The average Bonchev–Trinajstić information content (AvgIpc) is 3.35. The topological polar surface area (TPSA) is 89.2 Å². The standard InChI is InChI=1S/C24H18Cl2FNO6/c1-11-4-7-17(34-11)21-20(22(29)13-9-19(33-3)15(26)10-18(13)32-2)23(30)24(31)28(21)12-5-6-16(27)14(25)8-12/h4-10,21,29H,1-3H3/b22-20+. The van der Waals surface area contributed by atoms with Gasteiger partial charge >= 0.3 is 0 Å². The van der Waals surface area contributed by atoms with Gasteiger partial charge in [-0.1, -0.05) is 23.2 Å². The first-order chi connectivity index (χ1) is 16.2. The normalized spacial score (nSPS) is 17.4. The molecule has 0 saturated carbocycles. The molecule has 34 heavy (non-hydrogen) atoms. The van der Waals surface area contributed by atoms with Crippen molar-refractivity contribution in [1.29, 1.82) is 0 Å². The van der Waals surface area contributed by atoms with Crippen LogP contribution in [0.1, 0.15) is 23.1 Å². The van der Waals surface area contributed by atoms with Gasteiger partial charge in [-0.3, -0.25) is 14.5 Å². The molecule has 10 heteroatoms. The van der Waals surface area contributed by atoms with E-state index in [2.05, 4.69) is 0 Å². The first-order valence-electron chi connectivity index (χ1n) is 9.92. The van der Waals surface area contributed by atoms with E-state index in [1.54, 1.807) is 19.1 Å². The van der Waals surface area contributed by atoms with E-state index in [0.717, 1.165) is 11.0 Å². The van der Waals surface area contributed by atoms with Gasteiger partial charge in [-0.15, -0.1) is 0 Å². The fourth-order valence-electron chi connectivity index (χ4n) is 3.79. The van der Waals surface area contributed by atoms with E-state index in [1.807, 2.05) is 0 Å². The SMILES string of the molecule is COc1cc(/C(O)=C2\C(=O)C(=O)N(c3ccc(F)c(Cl)c3)C2c2ccc(C)o2)c(OC)cc1Cl. The zero-order valence-electron chi connectivity index (χ0n) is 18.2. The molecule has 4 rings (SSSR count). The van der Waals surface area contributed by atoms with Crippen LogP contribution in [-0.2, 0) is 9.59 Å². The van der Waals surface area contributed by atoms with Gasteiger partial charge in [-0.05, 0) is 43.3 Å². The van der Waals surface area contributed by atoms with Gasteiger partial charge in [-0.25, -0.2) is 4.39 Å². The van der Waals surface area contributed by atoms with E-state index in [-0.39, 0.29) is 44.1 Å². The number of halogens is 3. The van der Waals surface area contributed by atoms with Crippen molar-refractivity contribution >= 4 is 46.3 Å². The van der Waals surface area contributed by atoms with E-state index in [1.165, 1.54) is 38.5 Å². The Labute approximate surface area is 203 Å². The highest BCUT2D eigenvalue weighted by Crippen LogP contribution is 2.45. The predicted molar refractivity (Wildman–Crippen MR) is 124 cm³/mol. The minimum Gasteiger partial charge on any atom is -0.507 e. The predicted octanol–water partition coefficient (Wildman–Crippen LogP) is 5.68. The monoisotopic (exact) mass is 505 g/mol. The molecule has 3 aromatic rings. The summed E-state index contributed by atoms with van der Waals surface area (Å²) in [7, 11) is 2.75. The molecule has 7 nitrogen and oxygen atoms in total. The molecule has 0 aliphatic carbocycles. The van der Waals surface area contributed by atoms with Crippen molar-refractivity contribution in [3.05, 3.63) is 81.0 Å². The van der Waals surface area contributed by atoms with Gasteiger partial charge in [0.15, 0.2) is 0 Å². The van der Waals surface area contributed by atoms with Crippen molar-refractivity contribution in [3.63, 3.8) is 0 Å². The second-order valence-corrected chi connectivity index (χ2v) is 8.22. The molecule has 1 aliphatic heterocycles. The third-order valence-corrected chi connectivity index (χ3v) is 5.97. The lowest BCUT2D eigenvalue weighted by atomic mass is 9.98. The smallest absolute Gasteiger partial charge is 0.300 e. The van der Waals surface area contributed by atoms with E-state index < -0.39 is 29.3 Å². The maximum Gasteiger partial charge on any atom is 0.300 e. The third kappa shape index (κ3) is 3.89. The van der Waals surface area contributed by atoms with Crippen LogP contribution in [0.2, 0.25) is 10.0 Å². The van der Waals surface area contributed by atoms with Gasteiger partial charge in [0.1, 0.15) is 40.6 Å². The molecule has 1 N–H and O–H groups in total. The Morgan fingerprint density at radius 3 is 2.32 bits per heavy atom. The van der Waals surface area contributed by atoms with Gasteiger partial charge in [0.05, 0.1) is 35.4 Å². The number of benzene rings is 2. The second-order valence-electron chi connectivity index (χ2n) is 7.40. The number of ether oxygens (including phenoxy) is 2. The highest BCUT2D eigenvalue weighted by molar-refractivity contribution is 6.51. The van der Waals surface area contributed by atoms with Crippen LogP contribution in [0.5, 0.6) is 11.5 Å². The molecule has 1 fully saturated rings. The maximum atomic E-state index is 13.8. The zero-order chi connectivity index (χ0) is 24.7. The Morgan fingerprint density at radius 1 is 1.03 bits per heavy atom. The fraction of sp³-hybridized carbons (Fsp3) is 0.167. The van der Waals surface area contributed by atoms with Gasteiger partial charge < -0.3 is 19.0 Å². The zero-order valence-corrected chi connectivity index (χ0v) is 19.7. The average molecular weight is 506 g/mol. The Morgan fingerprint density at radius 2 is 1.74 bits per heavy atom. The van der Waals surface area contributed by atoms with Crippen LogP contribution in [0.25, 0.3) is 5.76 Å². The number of carbonyl (C=O) groups is 2. The number of aliphatic hydroxyl groups is 1. The summed E-state index contributed by atoms with van der Waals surface area (Å²) in [5, 5.41) is 11.3. The molecule has 0 spiro atoms. The largest absolute Gasteiger partial charge is 0.507 e. The molecule has 1 aliphatic rings. The lowest BCUT2D eigenvalue weighted by Crippen LogP contribution is -2.29. The van der Waals surface area contributed by atoms with E-state index in [4.69, 9.17) is 37.1 Å². The highest BCUT2D eigenvalue weighted by Gasteiger charge is 2.48. The van der Waals surface area contributed by atoms with E-state index >= 15 is 0 Å². The summed E-state index contributed by atoms with van der Waals surface area (Å²) in [4.78, 5) is 27.5. The van der Waals surface area contributed by atoms with Crippen molar-refractivity contribution in [2.75, 3.05) is 19.1 Å². The molecule has 1 amide bonds.